The van der Waals surface area contributed by atoms with Crippen LogP contribution >= 0.6 is 0 Å². The molecule has 1 aromatic rings. The molecule has 0 saturated carbocycles. The van der Waals surface area contributed by atoms with Crippen LogP contribution < -0.4 is 10.5 Å². The van der Waals surface area contributed by atoms with E-state index in [4.69, 9.17) is 15.2 Å². The number of ether oxygens (including phenoxy) is 2. The molecule has 16 heavy (non-hydrogen) atoms. The van der Waals surface area contributed by atoms with Crippen molar-refractivity contribution < 1.29 is 13.9 Å². The van der Waals surface area contributed by atoms with Crippen LogP contribution in [0.25, 0.3) is 0 Å². The molecule has 0 aliphatic carbocycles. The maximum Gasteiger partial charge on any atom is 0.255 e. The zero-order valence-electron chi connectivity index (χ0n) is 8.86. The Bertz CT molecular complexity index is 356. The van der Waals surface area contributed by atoms with Gasteiger partial charge in [-0.15, -0.1) is 0 Å². The van der Waals surface area contributed by atoms with Gasteiger partial charge in [0.15, 0.2) is 0 Å². The molecule has 1 saturated heterocycles. The minimum atomic E-state index is -0.606. The third-order valence-corrected chi connectivity index (χ3v) is 2.41. The van der Waals surface area contributed by atoms with Crippen molar-refractivity contribution in [2.45, 2.75) is 25.4 Å². The Kier molecular flexibility index (Phi) is 3.51. The Morgan fingerprint density at radius 1 is 1.56 bits per heavy atom. The van der Waals surface area contributed by atoms with Gasteiger partial charge in [0, 0.05) is 6.61 Å². The number of hydrogen-bond donors (Lipinski definition) is 1. The monoisotopic (exact) mass is 227 g/mol. The number of rotatable bonds is 3. The summed E-state index contributed by atoms with van der Waals surface area (Å²) < 4.78 is 23.9. The molecule has 1 atom stereocenters. The zero-order chi connectivity index (χ0) is 11.4. The van der Waals surface area contributed by atoms with Gasteiger partial charge < -0.3 is 15.2 Å². The van der Waals surface area contributed by atoms with E-state index in [0.717, 1.165) is 32.1 Å². The van der Waals surface area contributed by atoms with Crippen LogP contribution in [0.3, 0.4) is 0 Å². The summed E-state index contributed by atoms with van der Waals surface area (Å²) in [6.45, 7) is 1.04. The van der Waals surface area contributed by atoms with Crippen LogP contribution in [-0.4, -0.2) is 29.3 Å². The van der Waals surface area contributed by atoms with Gasteiger partial charge in [-0.05, 0) is 19.3 Å². The van der Waals surface area contributed by atoms with Crippen LogP contribution in [-0.2, 0) is 4.74 Å². The maximum absolute atomic E-state index is 13.2. The van der Waals surface area contributed by atoms with Crippen LogP contribution in [0.4, 0.5) is 10.3 Å². The maximum atomic E-state index is 13.2. The fourth-order valence-electron chi connectivity index (χ4n) is 1.58. The smallest absolute Gasteiger partial charge is 0.255 e. The third-order valence-electron chi connectivity index (χ3n) is 2.41. The molecule has 0 aromatic carbocycles. The number of hydrogen-bond acceptors (Lipinski definition) is 5. The summed E-state index contributed by atoms with van der Waals surface area (Å²) in [5, 5.41) is 0. The van der Waals surface area contributed by atoms with Crippen molar-refractivity contribution in [3.63, 3.8) is 0 Å². The normalized spacial score (nSPS) is 20.7. The number of anilines is 1. The summed E-state index contributed by atoms with van der Waals surface area (Å²) in [6, 6.07) is 0. The molecule has 1 aliphatic rings. The quantitative estimate of drug-likeness (QED) is 0.838. The number of aromatic nitrogens is 2. The van der Waals surface area contributed by atoms with E-state index in [1.807, 2.05) is 0 Å². The first-order valence-corrected chi connectivity index (χ1v) is 5.28. The molecule has 88 valence electrons. The minimum absolute atomic E-state index is 0.000891. The second-order valence-corrected chi connectivity index (χ2v) is 3.68. The average Bonchev–Trinajstić information content (AvgIpc) is 2.32. The lowest BCUT2D eigenvalue weighted by Gasteiger charge is -2.22. The Morgan fingerprint density at radius 2 is 2.44 bits per heavy atom. The van der Waals surface area contributed by atoms with Gasteiger partial charge in [0.05, 0.1) is 12.3 Å². The molecule has 1 aromatic heterocycles. The second kappa shape index (κ2) is 5.07. The highest BCUT2D eigenvalue weighted by atomic mass is 19.1. The number of nitrogens with two attached hydrogens (primary N) is 1. The predicted molar refractivity (Wildman–Crippen MR) is 55.5 cm³/mol. The number of halogens is 1. The molecule has 5 nitrogen and oxygen atoms in total. The van der Waals surface area contributed by atoms with Gasteiger partial charge >= 0.3 is 0 Å². The van der Waals surface area contributed by atoms with Crippen molar-refractivity contribution in [1.29, 1.82) is 0 Å². The first-order chi connectivity index (χ1) is 7.75. The standard InChI is InChI=1S/C10H14FN3O2/c11-8-5-13-10(12)14-9(8)16-6-7-3-1-2-4-15-7/h5,7H,1-4,6H2,(H2,12,13,14). The van der Waals surface area contributed by atoms with Gasteiger partial charge in [0.25, 0.3) is 5.88 Å². The van der Waals surface area contributed by atoms with Gasteiger partial charge in [-0.1, -0.05) is 0 Å². The molecule has 1 unspecified atom stereocenters. The summed E-state index contributed by atoms with van der Waals surface area (Å²) in [7, 11) is 0. The third kappa shape index (κ3) is 2.79. The van der Waals surface area contributed by atoms with Gasteiger partial charge in [0.1, 0.15) is 6.61 Å². The van der Waals surface area contributed by atoms with E-state index in [-0.39, 0.29) is 17.9 Å². The molecule has 2 heterocycles. The average molecular weight is 227 g/mol. The summed E-state index contributed by atoms with van der Waals surface area (Å²) in [6.07, 6.45) is 4.14. The molecular weight excluding hydrogens is 213 g/mol. The van der Waals surface area contributed by atoms with Crippen molar-refractivity contribution in [2.24, 2.45) is 0 Å². The molecule has 0 bridgehead atoms. The number of nitrogens with zero attached hydrogens (tertiary/aromatic N) is 2. The lowest BCUT2D eigenvalue weighted by atomic mass is 10.1. The van der Waals surface area contributed by atoms with E-state index in [1.165, 1.54) is 0 Å². The minimum Gasteiger partial charge on any atom is -0.473 e. The van der Waals surface area contributed by atoms with Gasteiger partial charge in [-0.3, -0.25) is 0 Å². The van der Waals surface area contributed by atoms with Crippen LogP contribution in [0.5, 0.6) is 5.88 Å². The largest absolute Gasteiger partial charge is 0.473 e. The topological polar surface area (TPSA) is 70.3 Å². The van der Waals surface area contributed by atoms with E-state index >= 15 is 0 Å². The molecule has 0 spiro atoms. The molecule has 2 N–H and O–H groups in total. The fraction of sp³-hybridized carbons (Fsp3) is 0.600. The lowest BCUT2D eigenvalue weighted by molar-refractivity contribution is -0.0127. The van der Waals surface area contributed by atoms with Gasteiger partial charge in [-0.25, -0.2) is 4.98 Å². The Hall–Kier alpha value is -1.43. The van der Waals surface area contributed by atoms with Crippen LogP contribution in [0.15, 0.2) is 6.20 Å². The van der Waals surface area contributed by atoms with Gasteiger partial charge in [0.2, 0.25) is 11.8 Å². The Balaban J connectivity index is 1.90. The van der Waals surface area contributed by atoms with Crippen LogP contribution in [0, 0.1) is 5.82 Å². The SMILES string of the molecule is Nc1ncc(F)c(OCC2CCCCO2)n1. The fourth-order valence-corrected chi connectivity index (χ4v) is 1.58. The molecule has 0 amide bonds. The predicted octanol–water partition coefficient (Wildman–Crippen LogP) is 1.15. The van der Waals surface area contributed by atoms with E-state index < -0.39 is 5.82 Å². The molecule has 1 aliphatic heterocycles. The van der Waals surface area contributed by atoms with Crippen LogP contribution in [0.2, 0.25) is 0 Å². The Morgan fingerprint density at radius 3 is 3.19 bits per heavy atom. The van der Waals surface area contributed by atoms with Crippen molar-refractivity contribution >= 4 is 5.95 Å². The molecule has 6 heteroatoms. The van der Waals surface area contributed by atoms with E-state index in [1.54, 1.807) is 0 Å². The highest BCUT2D eigenvalue weighted by Gasteiger charge is 2.16. The lowest BCUT2D eigenvalue weighted by Crippen LogP contribution is -2.26. The van der Waals surface area contributed by atoms with Crippen molar-refractivity contribution in [3.05, 3.63) is 12.0 Å². The first-order valence-electron chi connectivity index (χ1n) is 5.28. The molecular formula is C10H14FN3O2. The van der Waals surface area contributed by atoms with Crippen molar-refractivity contribution in [3.8, 4) is 5.88 Å². The van der Waals surface area contributed by atoms with Crippen LogP contribution in [0.1, 0.15) is 19.3 Å². The summed E-state index contributed by atoms with van der Waals surface area (Å²) in [5.41, 5.74) is 5.34. The molecule has 2 rings (SSSR count). The highest BCUT2D eigenvalue weighted by molar-refractivity contribution is 5.22. The second-order valence-electron chi connectivity index (χ2n) is 3.68. The van der Waals surface area contributed by atoms with Gasteiger partial charge in [-0.2, -0.15) is 9.37 Å². The highest BCUT2D eigenvalue weighted by Crippen LogP contribution is 2.17. The Labute approximate surface area is 92.8 Å². The molecule has 0 radical (unpaired) electrons. The first kappa shape index (κ1) is 11.1. The summed E-state index contributed by atoms with van der Waals surface area (Å²) >= 11 is 0. The van der Waals surface area contributed by atoms with E-state index in [2.05, 4.69) is 9.97 Å². The van der Waals surface area contributed by atoms with Crippen molar-refractivity contribution in [2.75, 3.05) is 18.9 Å². The summed E-state index contributed by atoms with van der Waals surface area (Å²) in [5.74, 6) is -0.715. The van der Waals surface area contributed by atoms with Crippen molar-refractivity contribution in [1.82, 2.24) is 9.97 Å². The zero-order valence-corrected chi connectivity index (χ0v) is 8.86. The summed E-state index contributed by atoms with van der Waals surface area (Å²) in [4.78, 5) is 7.19. The van der Waals surface area contributed by atoms with E-state index in [9.17, 15) is 4.39 Å². The number of nitrogen functional groups attached to an aromatic ring is 1. The van der Waals surface area contributed by atoms with E-state index in [0.29, 0.717) is 6.61 Å². The molecule has 1 fully saturated rings.